The number of pyridine rings is 1. The van der Waals surface area contributed by atoms with Gasteiger partial charge in [-0.15, -0.1) is 11.8 Å². The first-order valence-electron chi connectivity index (χ1n) is 9.50. The van der Waals surface area contributed by atoms with Gasteiger partial charge in [-0.1, -0.05) is 36.2 Å². The standard InChI is InChI=1S/C21H22N4O2S/c26-19(14-28-17-8-2-3-9-17)23-18-10-4-1-6-15(18)12-20-24-21(25-27-20)16-7-5-11-22-13-16/h1,4-7,10-11,13,17H,2-3,8-9,12,14H2,(H,23,26). The number of carbonyl (C=O) groups is 1. The first-order valence-corrected chi connectivity index (χ1v) is 10.5. The lowest BCUT2D eigenvalue weighted by molar-refractivity contribution is -0.113. The molecule has 1 aliphatic rings. The summed E-state index contributed by atoms with van der Waals surface area (Å²) in [5.41, 5.74) is 2.55. The van der Waals surface area contributed by atoms with Crippen molar-refractivity contribution in [3.05, 3.63) is 60.2 Å². The normalized spacial score (nSPS) is 14.3. The van der Waals surface area contributed by atoms with Gasteiger partial charge in [-0.25, -0.2) is 0 Å². The van der Waals surface area contributed by atoms with Gasteiger partial charge in [-0.05, 0) is 36.6 Å². The van der Waals surface area contributed by atoms with Gasteiger partial charge >= 0.3 is 0 Å². The molecule has 0 bridgehead atoms. The number of hydrogen-bond donors (Lipinski definition) is 1. The van der Waals surface area contributed by atoms with Crippen LogP contribution in [0.3, 0.4) is 0 Å². The molecular weight excluding hydrogens is 372 g/mol. The van der Waals surface area contributed by atoms with E-state index in [1.807, 2.05) is 36.4 Å². The molecular formula is C21H22N4O2S. The lowest BCUT2D eigenvalue weighted by Gasteiger charge is -2.11. The predicted molar refractivity (Wildman–Crippen MR) is 110 cm³/mol. The highest BCUT2D eigenvalue weighted by molar-refractivity contribution is 8.00. The van der Waals surface area contributed by atoms with Gasteiger partial charge in [0.25, 0.3) is 0 Å². The highest BCUT2D eigenvalue weighted by Crippen LogP contribution is 2.29. The second kappa shape index (κ2) is 9.01. The summed E-state index contributed by atoms with van der Waals surface area (Å²) < 4.78 is 5.39. The first-order chi connectivity index (χ1) is 13.8. The maximum Gasteiger partial charge on any atom is 0.234 e. The Morgan fingerprint density at radius 3 is 2.86 bits per heavy atom. The van der Waals surface area contributed by atoms with Crippen LogP contribution >= 0.6 is 11.8 Å². The molecule has 1 saturated carbocycles. The van der Waals surface area contributed by atoms with Crippen molar-refractivity contribution in [1.82, 2.24) is 15.1 Å². The Hall–Kier alpha value is -2.67. The zero-order chi connectivity index (χ0) is 19.2. The highest BCUT2D eigenvalue weighted by Gasteiger charge is 2.17. The van der Waals surface area contributed by atoms with Crippen molar-refractivity contribution in [1.29, 1.82) is 0 Å². The van der Waals surface area contributed by atoms with E-state index in [4.69, 9.17) is 4.52 Å². The van der Waals surface area contributed by atoms with Gasteiger partial charge in [0.2, 0.25) is 17.6 Å². The molecule has 0 saturated heterocycles. The van der Waals surface area contributed by atoms with Crippen molar-refractivity contribution < 1.29 is 9.32 Å². The van der Waals surface area contributed by atoms with E-state index in [9.17, 15) is 4.79 Å². The summed E-state index contributed by atoms with van der Waals surface area (Å²) in [6.07, 6.45) is 8.88. The number of anilines is 1. The van der Waals surface area contributed by atoms with Gasteiger partial charge in [0.15, 0.2) is 0 Å². The van der Waals surface area contributed by atoms with E-state index in [2.05, 4.69) is 20.4 Å². The van der Waals surface area contributed by atoms with E-state index in [0.29, 0.717) is 29.1 Å². The van der Waals surface area contributed by atoms with Crippen LogP contribution in [0.1, 0.15) is 37.1 Å². The number of hydrogen-bond acceptors (Lipinski definition) is 6. The molecule has 0 atom stereocenters. The van der Waals surface area contributed by atoms with Crippen molar-refractivity contribution in [3.8, 4) is 11.4 Å². The van der Waals surface area contributed by atoms with Gasteiger partial charge in [0.1, 0.15) is 0 Å². The van der Waals surface area contributed by atoms with Crippen LogP contribution < -0.4 is 5.32 Å². The molecule has 1 fully saturated rings. The molecule has 2 heterocycles. The third-order valence-electron chi connectivity index (χ3n) is 4.77. The summed E-state index contributed by atoms with van der Waals surface area (Å²) in [5.74, 6) is 1.54. The van der Waals surface area contributed by atoms with Crippen molar-refractivity contribution >= 4 is 23.4 Å². The largest absolute Gasteiger partial charge is 0.339 e. The minimum atomic E-state index is 0.0333. The topological polar surface area (TPSA) is 80.9 Å². The highest BCUT2D eigenvalue weighted by atomic mass is 32.2. The number of rotatable bonds is 7. The predicted octanol–water partition coefficient (Wildman–Crippen LogP) is 4.34. The molecule has 6 nitrogen and oxygen atoms in total. The number of nitrogens with one attached hydrogen (secondary N) is 1. The van der Waals surface area contributed by atoms with E-state index in [-0.39, 0.29) is 5.91 Å². The maximum atomic E-state index is 12.4. The zero-order valence-electron chi connectivity index (χ0n) is 15.5. The molecule has 4 rings (SSSR count). The first kappa shape index (κ1) is 18.7. The van der Waals surface area contributed by atoms with Crippen LogP contribution in [0.2, 0.25) is 0 Å². The summed E-state index contributed by atoms with van der Waals surface area (Å²) in [7, 11) is 0. The molecule has 1 aliphatic carbocycles. The van der Waals surface area contributed by atoms with E-state index in [1.165, 1.54) is 25.7 Å². The smallest absolute Gasteiger partial charge is 0.234 e. The van der Waals surface area contributed by atoms with Crippen LogP contribution in [0.25, 0.3) is 11.4 Å². The molecule has 7 heteroatoms. The minimum absolute atomic E-state index is 0.0333. The number of benzene rings is 1. The lowest BCUT2D eigenvalue weighted by atomic mass is 10.1. The van der Waals surface area contributed by atoms with E-state index < -0.39 is 0 Å². The van der Waals surface area contributed by atoms with Gasteiger partial charge in [0.05, 0.1) is 12.2 Å². The summed E-state index contributed by atoms with van der Waals surface area (Å²) in [6, 6.07) is 11.5. The Bertz CT molecular complexity index is 923. The number of aromatic nitrogens is 3. The van der Waals surface area contributed by atoms with Crippen LogP contribution in [-0.2, 0) is 11.2 Å². The van der Waals surface area contributed by atoms with Crippen molar-refractivity contribution in [2.24, 2.45) is 0 Å². The SMILES string of the molecule is O=C(CSC1CCCC1)Nc1ccccc1Cc1nc(-c2cccnc2)no1. The third kappa shape index (κ3) is 4.78. The van der Waals surface area contributed by atoms with Gasteiger partial charge in [-0.2, -0.15) is 4.98 Å². The molecule has 28 heavy (non-hydrogen) atoms. The van der Waals surface area contributed by atoms with Gasteiger partial charge in [-0.3, -0.25) is 9.78 Å². The number of nitrogens with zero attached hydrogens (tertiary/aromatic N) is 3. The quantitative estimate of drug-likeness (QED) is 0.642. The Labute approximate surface area is 168 Å². The van der Waals surface area contributed by atoms with Crippen LogP contribution in [0.15, 0.2) is 53.3 Å². The Morgan fingerprint density at radius 1 is 1.18 bits per heavy atom. The number of para-hydroxylation sites is 1. The van der Waals surface area contributed by atoms with E-state index in [1.54, 1.807) is 24.2 Å². The number of thioether (sulfide) groups is 1. The summed E-state index contributed by atoms with van der Waals surface area (Å²) in [4.78, 5) is 20.9. The van der Waals surface area contributed by atoms with E-state index in [0.717, 1.165) is 16.8 Å². The lowest BCUT2D eigenvalue weighted by Crippen LogP contribution is -2.17. The van der Waals surface area contributed by atoms with Crippen molar-refractivity contribution in [3.63, 3.8) is 0 Å². The summed E-state index contributed by atoms with van der Waals surface area (Å²) >= 11 is 1.76. The molecule has 1 amide bonds. The molecule has 144 valence electrons. The Kier molecular flexibility index (Phi) is 6.01. The fourth-order valence-electron chi connectivity index (χ4n) is 3.33. The molecule has 0 aliphatic heterocycles. The average molecular weight is 395 g/mol. The van der Waals surface area contributed by atoms with Crippen molar-refractivity contribution in [2.75, 3.05) is 11.1 Å². The second-order valence-corrected chi connectivity index (χ2v) is 8.14. The molecule has 2 aromatic heterocycles. The van der Waals surface area contributed by atoms with Crippen LogP contribution in [-0.4, -0.2) is 32.0 Å². The van der Waals surface area contributed by atoms with Gasteiger partial charge in [0, 0.05) is 28.9 Å². The molecule has 1 aromatic carbocycles. The molecule has 0 spiro atoms. The third-order valence-corrected chi connectivity index (χ3v) is 6.14. The minimum Gasteiger partial charge on any atom is -0.339 e. The van der Waals surface area contributed by atoms with Crippen molar-refractivity contribution in [2.45, 2.75) is 37.4 Å². The van der Waals surface area contributed by atoms with E-state index >= 15 is 0 Å². The molecule has 1 N–H and O–H groups in total. The molecule has 0 unspecified atom stereocenters. The maximum absolute atomic E-state index is 12.4. The Balaban J connectivity index is 1.40. The Morgan fingerprint density at radius 2 is 2.04 bits per heavy atom. The van der Waals surface area contributed by atoms with Crippen LogP contribution in [0.5, 0.6) is 0 Å². The monoisotopic (exact) mass is 394 g/mol. The van der Waals surface area contributed by atoms with Crippen LogP contribution in [0.4, 0.5) is 5.69 Å². The number of amides is 1. The summed E-state index contributed by atoms with van der Waals surface area (Å²) in [5, 5.41) is 7.69. The average Bonchev–Trinajstić information content (AvgIpc) is 3.41. The zero-order valence-corrected chi connectivity index (χ0v) is 16.3. The van der Waals surface area contributed by atoms with Gasteiger partial charge < -0.3 is 9.84 Å². The number of carbonyl (C=O) groups excluding carboxylic acids is 1. The molecule has 0 radical (unpaired) electrons. The summed E-state index contributed by atoms with van der Waals surface area (Å²) in [6.45, 7) is 0. The fourth-order valence-corrected chi connectivity index (χ4v) is 4.46. The molecule has 3 aromatic rings. The fraction of sp³-hybridized carbons (Fsp3) is 0.333. The van der Waals surface area contributed by atoms with Crippen LogP contribution in [0, 0.1) is 0 Å². The second-order valence-electron chi connectivity index (χ2n) is 6.85.